The lowest BCUT2D eigenvalue weighted by Gasteiger charge is -2.16. The Morgan fingerprint density at radius 2 is 1.63 bits per heavy atom. The lowest BCUT2D eigenvalue weighted by molar-refractivity contribution is 0.0696. The standard InChI is InChI=1S/C17H17F2NO6S/c1-3-25-12-9-13(26-4-2)15(19)16(14(12)18)20-27(23,24)11-7-5-6-10(8-11)17(21)22/h5-9,20H,3-4H2,1-2H3,(H,21,22). The number of rotatable bonds is 8. The van der Waals surface area contributed by atoms with Crippen molar-refractivity contribution in [3.05, 3.63) is 47.5 Å². The van der Waals surface area contributed by atoms with E-state index in [-0.39, 0.29) is 30.3 Å². The second-order valence-corrected chi connectivity index (χ2v) is 6.86. The number of ether oxygens (including phenoxy) is 2. The fourth-order valence-corrected chi connectivity index (χ4v) is 3.29. The van der Waals surface area contributed by atoms with Crippen LogP contribution in [0.4, 0.5) is 14.5 Å². The highest BCUT2D eigenvalue weighted by Crippen LogP contribution is 2.36. The number of sulfonamides is 1. The molecule has 2 aromatic rings. The molecule has 146 valence electrons. The van der Waals surface area contributed by atoms with E-state index < -0.39 is 38.2 Å². The van der Waals surface area contributed by atoms with Crippen LogP contribution >= 0.6 is 0 Å². The first-order valence-corrected chi connectivity index (χ1v) is 9.33. The summed E-state index contributed by atoms with van der Waals surface area (Å²) >= 11 is 0. The number of halogens is 2. The van der Waals surface area contributed by atoms with Crippen LogP contribution < -0.4 is 14.2 Å². The number of benzene rings is 2. The molecule has 0 unspecified atom stereocenters. The molecule has 2 aromatic carbocycles. The summed E-state index contributed by atoms with van der Waals surface area (Å²) in [6, 6.07) is 5.34. The second-order valence-electron chi connectivity index (χ2n) is 5.18. The molecule has 0 aliphatic heterocycles. The van der Waals surface area contributed by atoms with Gasteiger partial charge in [0.1, 0.15) is 5.69 Å². The van der Waals surface area contributed by atoms with Gasteiger partial charge in [0.15, 0.2) is 23.1 Å². The van der Waals surface area contributed by atoms with Gasteiger partial charge in [-0.1, -0.05) is 6.07 Å². The fraction of sp³-hybridized carbons (Fsp3) is 0.235. The van der Waals surface area contributed by atoms with Crippen LogP contribution in [0.25, 0.3) is 0 Å². The average Bonchev–Trinajstić information content (AvgIpc) is 2.63. The molecule has 2 N–H and O–H groups in total. The Bertz CT molecular complexity index is 932. The van der Waals surface area contributed by atoms with Gasteiger partial charge in [0, 0.05) is 6.07 Å². The van der Waals surface area contributed by atoms with Crippen molar-refractivity contribution in [2.45, 2.75) is 18.7 Å². The van der Waals surface area contributed by atoms with Gasteiger partial charge in [-0.05, 0) is 32.0 Å². The molecular formula is C17H17F2NO6S. The zero-order chi connectivity index (χ0) is 20.2. The molecule has 0 atom stereocenters. The van der Waals surface area contributed by atoms with Crippen LogP contribution in [-0.4, -0.2) is 32.7 Å². The van der Waals surface area contributed by atoms with Crippen LogP contribution in [-0.2, 0) is 10.0 Å². The third-order valence-corrected chi connectivity index (χ3v) is 4.71. The minimum Gasteiger partial charge on any atom is -0.491 e. The maximum Gasteiger partial charge on any atom is 0.335 e. The molecule has 27 heavy (non-hydrogen) atoms. The van der Waals surface area contributed by atoms with E-state index in [1.807, 2.05) is 0 Å². The van der Waals surface area contributed by atoms with Crippen molar-refractivity contribution in [3.63, 3.8) is 0 Å². The van der Waals surface area contributed by atoms with Crippen LogP contribution in [0, 0.1) is 11.6 Å². The number of carboxylic acid groups (broad SMARTS) is 1. The van der Waals surface area contributed by atoms with E-state index in [9.17, 15) is 22.0 Å². The molecule has 2 rings (SSSR count). The minimum atomic E-state index is -4.48. The molecular weight excluding hydrogens is 384 g/mol. The van der Waals surface area contributed by atoms with E-state index in [4.69, 9.17) is 14.6 Å². The molecule has 0 saturated heterocycles. The van der Waals surface area contributed by atoms with Gasteiger partial charge in [0.2, 0.25) is 0 Å². The summed E-state index contributed by atoms with van der Waals surface area (Å²) in [5, 5.41) is 8.98. The molecule has 0 radical (unpaired) electrons. The van der Waals surface area contributed by atoms with Crippen LogP contribution in [0.3, 0.4) is 0 Å². The number of hydrogen-bond donors (Lipinski definition) is 2. The highest BCUT2D eigenvalue weighted by Gasteiger charge is 2.26. The molecule has 0 spiro atoms. The summed E-state index contributed by atoms with van der Waals surface area (Å²) in [5.41, 5.74) is -1.28. The van der Waals surface area contributed by atoms with Crippen molar-refractivity contribution in [1.29, 1.82) is 0 Å². The van der Waals surface area contributed by atoms with Crippen molar-refractivity contribution in [3.8, 4) is 11.5 Å². The normalized spacial score (nSPS) is 11.1. The maximum atomic E-state index is 14.6. The smallest absolute Gasteiger partial charge is 0.335 e. The van der Waals surface area contributed by atoms with Crippen LogP contribution in [0.2, 0.25) is 0 Å². The van der Waals surface area contributed by atoms with Gasteiger partial charge in [-0.2, -0.15) is 0 Å². The maximum absolute atomic E-state index is 14.6. The van der Waals surface area contributed by atoms with Gasteiger partial charge < -0.3 is 14.6 Å². The Hall–Kier alpha value is -2.88. The van der Waals surface area contributed by atoms with Crippen LogP contribution in [0.15, 0.2) is 35.2 Å². The summed E-state index contributed by atoms with van der Waals surface area (Å²) in [5.74, 6) is -4.63. The molecule has 0 saturated carbocycles. The number of carboxylic acids is 1. The summed E-state index contributed by atoms with van der Waals surface area (Å²) < 4.78 is 66.0. The highest BCUT2D eigenvalue weighted by atomic mass is 32.2. The first kappa shape index (κ1) is 20.4. The monoisotopic (exact) mass is 401 g/mol. The molecule has 10 heteroatoms. The summed E-state index contributed by atoms with van der Waals surface area (Å²) in [6.45, 7) is 3.26. The minimum absolute atomic E-state index is 0.0565. The van der Waals surface area contributed by atoms with Crippen molar-refractivity contribution in [2.75, 3.05) is 17.9 Å². The van der Waals surface area contributed by atoms with Gasteiger partial charge in [0.05, 0.1) is 23.7 Å². The zero-order valence-electron chi connectivity index (χ0n) is 14.5. The molecule has 0 heterocycles. The summed E-state index contributed by atoms with van der Waals surface area (Å²) in [7, 11) is -4.48. The summed E-state index contributed by atoms with van der Waals surface area (Å²) in [6.07, 6.45) is 0. The van der Waals surface area contributed by atoms with Crippen molar-refractivity contribution >= 4 is 21.7 Å². The zero-order valence-corrected chi connectivity index (χ0v) is 15.3. The Morgan fingerprint density at radius 3 is 2.11 bits per heavy atom. The predicted octanol–water partition coefficient (Wildman–Crippen LogP) is 3.26. The topological polar surface area (TPSA) is 102 Å². The van der Waals surface area contributed by atoms with Gasteiger partial charge in [-0.15, -0.1) is 0 Å². The highest BCUT2D eigenvalue weighted by molar-refractivity contribution is 7.92. The predicted molar refractivity (Wildman–Crippen MR) is 92.9 cm³/mol. The Balaban J connectivity index is 2.54. The largest absolute Gasteiger partial charge is 0.491 e. The van der Waals surface area contributed by atoms with E-state index in [0.29, 0.717) is 0 Å². The molecule has 0 amide bonds. The summed E-state index contributed by atoms with van der Waals surface area (Å²) in [4.78, 5) is 10.5. The second kappa shape index (κ2) is 8.21. The van der Waals surface area contributed by atoms with Gasteiger partial charge in [-0.25, -0.2) is 22.0 Å². The van der Waals surface area contributed by atoms with Gasteiger partial charge in [-0.3, -0.25) is 4.72 Å². The number of aromatic carboxylic acids is 1. The molecule has 0 aromatic heterocycles. The molecule has 0 aliphatic rings. The number of anilines is 1. The Morgan fingerprint density at radius 1 is 1.07 bits per heavy atom. The van der Waals surface area contributed by atoms with E-state index >= 15 is 0 Å². The van der Waals surface area contributed by atoms with E-state index in [1.54, 1.807) is 18.6 Å². The lowest BCUT2D eigenvalue weighted by Crippen LogP contribution is -2.17. The van der Waals surface area contributed by atoms with E-state index in [2.05, 4.69) is 0 Å². The van der Waals surface area contributed by atoms with Crippen molar-refractivity contribution in [1.82, 2.24) is 0 Å². The first-order valence-electron chi connectivity index (χ1n) is 7.85. The number of hydrogen-bond acceptors (Lipinski definition) is 5. The van der Waals surface area contributed by atoms with Crippen molar-refractivity contribution < 1.29 is 36.6 Å². The van der Waals surface area contributed by atoms with Gasteiger partial charge >= 0.3 is 5.97 Å². The van der Waals surface area contributed by atoms with Crippen LogP contribution in [0.1, 0.15) is 24.2 Å². The SMILES string of the molecule is CCOc1cc(OCC)c(F)c(NS(=O)(=O)c2cccc(C(=O)O)c2)c1F. The first-order chi connectivity index (χ1) is 12.7. The Labute approximate surface area is 154 Å². The van der Waals surface area contributed by atoms with Crippen LogP contribution in [0.5, 0.6) is 11.5 Å². The van der Waals surface area contributed by atoms with E-state index in [0.717, 1.165) is 18.2 Å². The third kappa shape index (κ3) is 4.45. The number of carbonyl (C=O) groups is 1. The molecule has 0 fully saturated rings. The quantitative estimate of drug-likeness (QED) is 0.704. The molecule has 0 bridgehead atoms. The molecule has 0 aliphatic carbocycles. The van der Waals surface area contributed by atoms with Gasteiger partial charge in [0.25, 0.3) is 10.0 Å². The molecule has 7 nitrogen and oxygen atoms in total. The van der Waals surface area contributed by atoms with Crippen molar-refractivity contribution in [2.24, 2.45) is 0 Å². The average molecular weight is 401 g/mol. The lowest BCUT2D eigenvalue weighted by atomic mass is 10.2. The van der Waals surface area contributed by atoms with E-state index in [1.165, 1.54) is 12.1 Å². The third-order valence-electron chi connectivity index (χ3n) is 3.36. The fourth-order valence-electron chi connectivity index (χ4n) is 2.19. The Kier molecular flexibility index (Phi) is 6.21. The number of nitrogens with one attached hydrogen (secondary N) is 1.